The predicted octanol–water partition coefficient (Wildman–Crippen LogP) is 3.85. The van der Waals surface area contributed by atoms with E-state index in [1.807, 2.05) is 24.3 Å². The van der Waals surface area contributed by atoms with E-state index in [9.17, 15) is 13.6 Å². The van der Waals surface area contributed by atoms with Crippen LogP contribution in [0.4, 0.5) is 13.9 Å². The minimum Gasteiger partial charge on any atom is -0.287 e. The number of rotatable bonds is 2. The summed E-state index contributed by atoms with van der Waals surface area (Å²) >= 11 is 1.36. The van der Waals surface area contributed by atoms with Gasteiger partial charge in [0, 0.05) is 12.6 Å². The van der Waals surface area contributed by atoms with E-state index in [1.165, 1.54) is 22.3 Å². The van der Waals surface area contributed by atoms with Crippen molar-refractivity contribution in [3.63, 3.8) is 0 Å². The summed E-state index contributed by atoms with van der Waals surface area (Å²) in [6.07, 6.45) is 0. The first kappa shape index (κ1) is 13.6. The Morgan fingerprint density at radius 3 is 2.62 bits per heavy atom. The molecule has 0 aliphatic heterocycles. The molecule has 0 spiro atoms. The van der Waals surface area contributed by atoms with Gasteiger partial charge < -0.3 is 0 Å². The fraction of sp³-hybridized carbons (Fsp3) is 0.0667. The molecule has 106 valence electrons. The van der Waals surface area contributed by atoms with Gasteiger partial charge in [0.25, 0.3) is 5.91 Å². The summed E-state index contributed by atoms with van der Waals surface area (Å²) in [7, 11) is 1.56. The highest BCUT2D eigenvalue weighted by atomic mass is 32.1. The topological polar surface area (TPSA) is 33.2 Å². The van der Waals surface area contributed by atoms with Crippen LogP contribution in [0, 0.1) is 11.6 Å². The number of amides is 1. The van der Waals surface area contributed by atoms with Crippen LogP contribution in [0.3, 0.4) is 0 Å². The number of carbonyl (C=O) groups is 1. The van der Waals surface area contributed by atoms with Gasteiger partial charge in [0.1, 0.15) is 0 Å². The second-order valence-electron chi connectivity index (χ2n) is 4.46. The number of hydrogen-bond donors (Lipinski definition) is 0. The minimum atomic E-state index is -1.04. The molecule has 1 amide bonds. The number of halogens is 2. The quantitative estimate of drug-likeness (QED) is 0.720. The Morgan fingerprint density at radius 1 is 1.14 bits per heavy atom. The first-order chi connectivity index (χ1) is 10.1. The maximum absolute atomic E-state index is 13.2. The summed E-state index contributed by atoms with van der Waals surface area (Å²) < 4.78 is 27.1. The molecule has 0 fully saturated rings. The van der Waals surface area contributed by atoms with Crippen LogP contribution in [0.1, 0.15) is 10.4 Å². The third kappa shape index (κ3) is 2.50. The highest BCUT2D eigenvalue weighted by Gasteiger charge is 2.18. The zero-order chi connectivity index (χ0) is 15.0. The summed E-state index contributed by atoms with van der Waals surface area (Å²) in [5, 5.41) is 0.505. The van der Waals surface area contributed by atoms with E-state index in [2.05, 4.69) is 4.98 Å². The number of hydrogen-bond acceptors (Lipinski definition) is 3. The lowest BCUT2D eigenvalue weighted by Gasteiger charge is -2.13. The van der Waals surface area contributed by atoms with Gasteiger partial charge in [0.05, 0.1) is 10.2 Å². The summed E-state index contributed by atoms with van der Waals surface area (Å²) in [5.41, 5.74) is 0.873. The van der Waals surface area contributed by atoms with Crippen molar-refractivity contribution in [3.8, 4) is 0 Å². The molecule has 0 radical (unpaired) electrons. The van der Waals surface area contributed by atoms with Gasteiger partial charge in [0.15, 0.2) is 16.8 Å². The Labute approximate surface area is 123 Å². The van der Waals surface area contributed by atoms with E-state index in [0.717, 1.165) is 22.3 Å². The molecule has 0 saturated heterocycles. The van der Waals surface area contributed by atoms with Crippen molar-refractivity contribution in [2.24, 2.45) is 0 Å². The number of carbonyl (C=O) groups excluding carboxylic acids is 1. The highest BCUT2D eigenvalue weighted by molar-refractivity contribution is 7.22. The molecule has 0 unspecified atom stereocenters. The summed E-state index contributed by atoms with van der Waals surface area (Å²) in [6.45, 7) is 0. The maximum atomic E-state index is 13.2. The molecule has 2 aromatic carbocycles. The van der Waals surface area contributed by atoms with Gasteiger partial charge in [0.2, 0.25) is 0 Å². The van der Waals surface area contributed by atoms with Crippen LogP contribution in [0.5, 0.6) is 0 Å². The molecule has 0 aliphatic rings. The smallest absolute Gasteiger partial charge is 0.259 e. The van der Waals surface area contributed by atoms with Crippen LogP contribution < -0.4 is 4.90 Å². The molecule has 21 heavy (non-hydrogen) atoms. The zero-order valence-corrected chi connectivity index (χ0v) is 11.8. The molecule has 6 heteroatoms. The van der Waals surface area contributed by atoms with Crippen molar-refractivity contribution < 1.29 is 13.6 Å². The van der Waals surface area contributed by atoms with E-state index in [1.54, 1.807) is 7.05 Å². The molecule has 0 aliphatic carbocycles. The number of benzene rings is 2. The molecule has 3 nitrogen and oxygen atoms in total. The standard InChI is InChI=1S/C15H10F2N2OS/c1-19(14(20)9-6-7-10(16)11(17)8-9)15-18-12-4-2-3-5-13(12)21-15/h2-8H,1H3. The molecule has 1 heterocycles. The zero-order valence-electron chi connectivity index (χ0n) is 11.0. The van der Waals surface area contributed by atoms with Crippen molar-refractivity contribution in [2.45, 2.75) is 0 Å². The van der Waals surface area contributed by atoms with Gasteiger partial charge in [-0.15, -0.1) is 0 Å². The van der Waals surface area contributed by atoms with Gasteiger partial charge >= 0.3 is 0 Å². The number of thiazole rings is 1. The fourth-order valence-corrected chi connectivity index (χ4v) is 2.84. The molecule has 1 aromatic heterocycles. The van der Waals surface area contributed by atoms with E-state index in [-0.39, 0.29) is 5.56 Å². The average Bonchev–Trinajstić information content (AvgIpc) is 2.92. The van der Waals surface area contributed by atoms with Crippen LogP contribution in [-0.2, 0) is 0 Å². The summed E-state index contributed by atoms with van der Waals surface area (Å²) in [6, 6.07) is 10.6. The molecule has 3 aromatic rings. The SMILES string of the molecule is CN(C(=O)c1ccc(F)c(F)c1)c1nc2ccccc2s1. The Balaban J connectivity index is 1.94. The van der Waals surface area contributed by atoms with E-state index >= 15 is 0 Å². The molecule has 0 N–H and O–H groups in total. The highest BCUT2D eigenvalue weighted by Crippen LogP contribution is 2.28. The lowest BCUT2D eigenvalue weighted by atomic mass is 10.2. The van der Waals surface area contributed by atoms with Gasteiger partial charge in [-0.05, 0) is 30.3 Å². The van der Waals surface area contributed by atoms with Crippen LogP contribution >= 0.6 is 11.3 Å². The molecular formula is C15H10F2N2OS. The third-order valence-corrected chi connectivity index (χ3v) is 4.15. The van der Waals surface area contributed by atoms with Crippen molar-refractivity contribution in [1.82, 2.24) is 4.98 Å². The Kier molecular flexibility index (Phi) is 3.39. The normalized spacial score (nSPS) is 10.8. The molecule has 0 saturated carbocycles. The first-order valence-corrected chi connectivity index (χ1v) is 6.96. The van der Waals surface area contributed by atoms with Gasteiger partial charge in [-0.2, -0.15) is 0 Å². The molecule has 3 rings (SSSR count). The lowest BCUT2D eigenvalue weighted by Crippen LogP contribution is -2.26. The average molecular weight is 304 g/mol. The molecule has 0 bridgehead atoms. The largest absolute Gasteiger partial charge is 0.287 e. The van der Waals surface area contributed by atoms with Gasteiger partial charge in [-0.25, -0.2) is 13.8 Å². The van der Waals surface area contributed by atoms with Gasteiger partial charge in [-0.3, -0.25) is 9.69 Å². The lowest BCUT2D eigenvalue weighted by molar-refractivity contribution is 0.0992. The predicted molar refractivity (Wildman–Crippen MR) is 78.7 cm³/mol. The Morgan fingerprint density at radius 2 is 1.90 bits per heavy atom. The van der Waals surface area contributed by atoms with Gasteiger partial charge in [-0.1, -0.05) is 23.5 Å². The van der Waals surface area contributed by atoms with Crippen LogP contribution in [-0.4, -0.2) is 17.9 Å². The number of fused-ring (bicyclic) bond motifs is 1. The fourth-order valence-electron chi connectivity index (χ4n) is 1.91. The van der Waals surface area contributed by atoms with Crippen molar-refractivity contribution >= 4 is 32.6 Å². The number of anilines is 1. The summed E-state index contributed by atoms with van der Waals surface area (Å²) in [4.78, 5) is 18.0. The Bertz CT molecular complexity index is 798. The van der Waals surface area contributed by atoms with Crippen molar-refractivity contribution in [2.75, 3.05) is 11.9 Å². The van der Waals surface area contributed by atoms with E-state index in [4.69, 9.17) is 0 Å². The number of nitrogens with zero attached hydrogens (tertiary/aromatic N) is 2. The number of aromatic nitrogens is 1. The monoisotopic (exact) mass is 304 g/mol. The third-order valence-electron chi connectivity index (χ3n) is 3.04. The minimum absolute atomic E-state index is 0.0793. The first-order valence-electron chi connectivity index (χ1n) is 6.15. The summed E-state index contributed by atoms with van der Waals surface area (Å²) in [5.74, 6) is -2.46. The van der Waals surface area contributed by atoms with Crippen molar-refractivity contribution in [3.05, 3.63) is 59.7 Å². The molecular weight excluding hydrogens is 294 g/mol. The molecule has 0 atom stereocenters. The van der Waals surface area contributed by atoms with E-state index in [0.29, 0.717) is 5.13 Å². The van der Waals surface area contributed by atoms with Crippen LogP contribution in [0.15, 0.2) is 42.5 Å². The maximum Gasteiger partial charge on any atom is 0.259 e. The number of para-hydroxylation sites is 1. The second-order valence-corrected chi connectivity index (χ2v) is 5.47. The Hall–Kier alpha value is -2.34. The second kappa shape index (κ2) is 5.21. The van der Waals surface area contributed by atoms with E-state index < -0.39 is 17.5 Å². The van der Waals surface area contributed by atoms with Crippen molar-refractivity contribution in [1.29, 1.82) is 0 Å². The van der Waals surface area contributed by atoms with Crippen LogP contribution in [0.2, 0.25) is 0 Å². The van der Waals surface area contributed by atoms with Crippen LogP contribution in [0.25, 0.3) is 10.2 Å².